The van der Waals surface area contributed by atoms with Crippen molar-refractivity contribution in [3.8, 4) is 22.6 Å². The van der Waals surface area contributed by atoms with Crippen LogP contribution in [0.3, 0.4) is 0 Å². The van der Waals surface area contributed by atoms with Crippen molar-refractivity contribution in [3.05, 3.63) is 74.7 Å². The lowest BCUT2D eigenvalue weighted by atomic mass is 9.91. The molecule has 0 aliphatic carbocycles. The Hall–Kier alpha value is -5.74. The fraction of sp³-hybridized carbons (Fsp3) is 0.522. The number of imide groups is 2. The van der Waals surface area contributed by atoms with Gasteiger partial charge in [0, 0.05) is 81.8 Å². The van der Waals surface area contributed by atoms with Crippen LogP contribution in [-0.4, -0.2) is 132 Å². The van der Waals surface area contributed by atoms with Crippen LogP contribution in [0.2, 0.25) is 0 Å². The second kappa shape index (κ2) is 17.6. The van der Waals surface area contributed by atoms with Crippen LogP contribution in [0, 0.1) is 5.92 Å². The molecule has 0 spiro atoms. The van der Waals surface area contributed by atoms with Gasteiger partial charge in [0.1, 0.15) is 17.5 Å². The Morgan fingerprint density at radius 3 is 2.16 bits per heavy atom. The molecule has 8 rings (SSSR count). The van der Waals surface area contributed by atoms with E-state index in [9.17, 15) is 28.8 Å². The number of nitrogens with zero attached hydrogens (tertiary/aromatic N) is 6. The number of hydrogen-bond acceptors (Lipinski definition) is 11. The number of rotatable bonds is 10. The van der Waals surface area contributed by atoms with Crippen LogP contribution in [-0.2, 0) is 36.1 Å². The molecule has 6 heterocycles. The Kier molecular flexibility index (Phi) is 12.2. The van der Waals surface area contributed by atoms with Gasteiger partial charge in [-0.2, -0.15) is 0 Å². The summed E-state index contributed by atoms with van der Waals surface area (Å²) in [5, 5.41) is 4.93. The summed E-state index contributed by atoms with van der Waals surface area (Å²) in [6, 6.07) is 8.82. The lowest BCUT2D eigenvalue weighted by Crippen LogP contribution is -2.57. The molecule has 16 heteroatoms. The van der Waals surface area contributed by atoms with Crippen LogP contribution < -0.4 is 30.6 Å². The predicted octanol–water partition coefficient (Wildman–Crippen LogP) is 3.37. The number of likely N-dealkylation sites (tertiary alicyclic amines) is 1. The van der Waals surface area contributed by atoms with E-state index in [-0.39, 0.29) is 43.1 Å². The van der Waals surface area contributed by atoms with Crippen molar-refractivity contribution in [3.63, 3.8) is 0 Å². The topological polar surface area (TPSA) is 166 Å². The van der Waals surface area contributed by atoms with E-state index in [4.69, 9.17) is 9.47 Å². The van der Waals surface area contributed by atoms with Crippen LogP contribution in [0.4, 0.5) is 10.5 Å². The third-order valence-electron chi connectivity index (χ3n) is 13.8. The number of aromatic nitrogens is 1. The van der Waals surface area contributed by atoms with Crippen LogP contribution in [0.5, 0.6) is 11.5 Å². The Balaban J connectivity index is 0.866. The van der Waals surface area contributed by atoms with Gasteiger partial charge < -0.3 is 29.2 Å². The van der Waals surface area contributed by atoms with E-state index >= 15 is 0 Å². The number of benzene rings is 2. The van der Waals surface area contributed by atoms with Crippen LogP contribution in [0.25, 0.3) is 11.1 Å². The van der Waals surface area contributed by atoms with Gasteiger partial charge in [-0.05, 0) is 113 Å². The lowest BCUT2D eigenvalue weighted by Gasteiger charge is -2.46. The molecule has 1 aromatic heterocycles. The highest BCUT2D eigenvalue weighted by molar-refractivity contribution is 6.23. The third-order valence-corrected chi connectivity index (χ3v) is 13.8. The number of urea groups is 1. The van der Waals surface area contributed by atoms with E-state index in [0.717, 1.165) is 96.3 Å². The molecule has 0 bridgehead atoms. The highest BCUT2D eigenvalue weighted by Crippen LogP contribution is 2.39. The largest absolute Gasteiger partial charge is 0.496 e. The standard InChI is InChI=1S/C46H58N8O8/c1-27-22-52(31-7-8-33-34(21-31)45(59)54(44(33)58)38-9-10-41(55)48-42(38)56)23-28(2)53(27)18-13-29-11-15-50(16-12-29)25-37-39(61-5)19-30(20-40(37)62-6)35-24-49(4)43(57)36-26-51(46(60)47-3)17-14-32(35)36/h7-8,19-21,24,27-29,38H,9-18,22-23,25-26H2,1-6H3,(H,47,60)(H,48,55,56). The average Bonchev–Trinajstić information content (AvgIpc) is 3.52. The van der Waals surface area contributed by atoms with Crippen LogP contribution in [0.1, 0.15) is 83.4 Å². The molecule has 6 amide bonds. The Morgan fingerprint density at radius 1 is 0.839 bits per heavy atom. The van der Waals surface area contributed by atoms with Gasteiger partial charge in [0.15, 0.2) is 0 Å². The predicted molar refractivity (Wildman–Crippen MR) is 232 cm³/mol. The van der Waals surface area contributed by atoms with E-state index in [0.29, 0.717) is 42.1 Å². The summed E-state index contributed by atoms with van der Waals surface area (Å²) in [7, 11) is 6.71. The number of carbonyl (C=O) groups excluding carboxylic acids is 5. The number of hydrogen-bond donors (Lipinski definition) is 2. The molecular formula is C46H58N8O8. The SMILES string of the molecule is CNC(=O)N1CCc2c(-c3cc(OC)c(CN4CCC(CCN5C(C)CN(c6ccc7c(c6)C(=O)N(C6CCC(=O)NC6=O)C7=O)CC5C)CC4)c(OC)c3)cn(C)c(=O)c2C1. The zero-order valence-electron chi connectivity index (χ0n) is 36.6. The average molecular weight is 851 g/mol. The maximum Gasteiger partial charge on any atom is 0.317 e. The summed E-state index contributed by atoms with van der Waals surface area (Å²) >= 11 is 0. The van der Waals surface area contributed by atoms with Crippen molar-refractivity contribution < 1.29 is 33.4 Å². The normalized spacial score (nSPS) is 22.4. The number of amides is 6. The summed E-state index contributed by atoms with van der Waals surface area (Å²) in [5.74, 6) is 0.104. The van der Waals surface area contributed by atoms with Crippen molar-refractivity contribution in [2.45, 2.75) is 83.6 Å². The molecule has 2 aromatic carbocycles. The van der Waals surface area contributed by atoms with E-state index in [1.165, 1.54) is 0 Å². The van der Waals surface area contributed by atoms with E-state index in [2.05, 4.69) is 39.2 Å². The molecule has 5 aliphatic rings. The van der Waals surface area contributed by atoms with Gasteiger partial charge in [-0.1, -0.05) is 0 Å². The minimum atomic E-state index is -0.983. The van der Waals surface area contributed by atoms with E-state index < -0.39 is 29.7 Å². The summed E-state index contributed by atoms with van der Waals surface area (Å²) in [5.41, 5.74) is 5.80. The number of carbonyl (C=O) groups is 5. The van der Waals surface area contributed by atoms with Crippen molar-refractivity contribution in [2.24, 2.45) is 13.0 Å². The first-order valence-corrected chi connectivity index (χ1v) is 21.8. The molecule has 2 N–H and O–H groups in total. The van der Waals surface area contributed by atoms with Crippen LogP contribution in [0.15, 0.2) is 41.3 Å². The first kappa shape index (κ1) is 42.9. The highest BCUT2D eigenvalue weighted by Gasteiger charge is 2.45. The molecule has 3 unspecified atom stereocenters. The fourth-order valence-corrected chi connectivity index (χ4v) is 10.3. The van der Waals surface area contributed by atoms with Crippen molar-refractivity contribution in [1.82, 2.24) is 34.8 Å². The summed E-state index contributed by atoms with van der Waals surface area (Å²) in [6.07, 6.45) is 5.97. The van der Waals surface area contributed by atoms with E-state index in [1.807, 2.05) is 24.4 Å². The first-order chi connectivity index (χ1) is 29.8. The van der Waals surface area contributed by atoms with E-state index in [1.54, 1.807) is 49.9 Å². The number of nitrogens with one attached hydrogen (secondary N) is 2. The molecule has 330 valence electrons. The smallest absolute Gasteiger partial charge is 0.317 e. The molecule has 62 heavy (non-hydrogen) atoms. The molecular weight excluding hydrogens is 793 g/mol. The second-order valence-electron chi connectivity index (χ2n) is 17.5. The molecule has 3 saturated heterocycles. The molecule has 16 nitrogen and oxygen atoms in total. The summed E-state index contributed by atoms with van der Waals surface area (Å²) < 4.78 is 13.6. The number of piperidine rings is 2. The Bertz CT molecular complexity index is 2320. The van der Waals surface area contributed by atoms with Crippen LogP contribution >= 0.6 is 0 Å². The molecule has 3 atom stereocenters. The Morgan fingerprint density at radius 2 is 1.52 bits per heavy atom. The van der Waals surface area contributed by atoms with Gasteiger partial charge in [0.2, 0.25) is 11.8 Å². The quantitative estimate of drug-likeness (QED) is 0.288. The lowest BCUT2D eigenvalue weighted by molar-refractivity contribution is -0.136. The van der Waals surface area contributed by atoms with Gasteiger partial charge in [-0.3, -0.25) is 44.0 Å². The van der Waals surface area contributed by atoms with Crippen molar-refractivity contribution in [1.29, 1.82) is 0 Å². The number of methoxy groups -OCH3 is 2. The molecule has 3 fully saturated rings. The molecule has 3 aromatic rings. The second-order valence-corrected chi connectivity index (χ2v) is 17.5. The number of aryl methyl sites for hydroxylation is 1. The maximum atomic E-state index is 13.5. The number of pyridine rings is 1. The monoisotopic (exact) mass is 850 g/mol. The highest BCUT2D eigenvalue weighted by atomic mass is 16.5. The minimum Gasteiger partial charge on any atom is -0.496 e. The number of piperazine rings is 1. The number of ether oxygens (including phenoxy) is 2. The maximum absolute atomic E-state index is 13.5. The molecule has 0 radical (unpaired) electrons. The molecule has 5 aliphatic heterocycles. The molecule has 0 saturated carbocycles. The van der Waals surface area contributed by atoms with Gasteiger partial charge in [-0.15, -0.1) is 0 Å². The van der Waals surface area contributed by atoms with Gasteiger partial charge in [-0.25, -0.2) is 4.79 Å². The van der Waals surface area contributed by atoms with Gasteiger partial charge in [0.05, 0.1) is 37.5 Å². The van der Waals surface area contributed by atoms with Crippen molar-refractivity contribution >= 4 is 35.3 Å². The Labute approximate surface area is 362 Å². The minimum absolute atomic E-state index is 0.0868. The zero-order valence-corrected chi connectivity index (χ0v) is 36.6. The number of anilines is 1. The number of fused-ring (bicyclic) bond motifs is 2. The van der Waals surface area contributed by atoms with Crippen molar-refractivity contribution in [2.75, 3.05) is 65.4 Å². The summed E-state index contributed by atoms with van der Waals surface area (Å²) in [4.78, 5) is 86.6. The van der Waals surface area contributed by atoms with Gasteiger partial charge in [0.25, 0.3) is 17.4 Å². The van der Waals surface area contributed by atoms with Gasteiger partial charge >= 0.3 is 6.03 Å². The third kappa shape index (κ3) is 8.05. The summed E-state index contributed by atoms with van der Waals surface area (Å²) in [6.45, 7) is 10.5. The first-order valence-electron chi connectivity index (χ1n) is 21.8. The fourth-order valence-electron chi connectivity index (χ4n) is 10.3. The zero-order chi connectivity index (χ0) is 44.0.